The molecular formula is C18H19FN2O3. The molecule has 5 nitrogen and oxygen atoms in total. The van der Waals surface area contributed by atoms with Gasteiger partial charge < -0.3 is 14.6 Å². The fourth-order valence-electron chi connectivity index (χ4n) is 2.40. The van der Waals surface area contributed by atoms with Gasteiger partial charge in [0, 0.05) is 25.6 Å². The van der Waals surface area contributed by atoms with E-state index >= 15 is 0 Å². The Labute approximate surface area is 139 Å². The van der Waals surface area contributed by atoms with Gasteiger partial charge in [-0.2, -0.15) is 0 Å². The van der Waals surface area contributed by atoms with E-state index in [1.807, 2.05) is 0 Å². The molecule has 1 aliphatic rings. The van der Waals surface area contributed by atoms with Crippen molar-refractivity contribution in [1.29, 1.82) is 0 Å². The first-order valence-electron chi connectivity index (χ1n) is 7.97. The number of rotatable bonds is 7. The Morgan fingerprint density at radius 2 is 1.96 bits per heavy atom. The smallest absolute Gasteiger partial charge is 0.257 e. The van der Waals surface area contributed by atoms with Crippen LogP contribution in [0.3, 0.4) is 0 Å². The second-order valence-electron chi connectivity index (χ2n) is 5.96. The summed E-state index contributed by atoms with van der Waals surface area (Å²) in [6.07, 6.45) is 5.10. The highest BCUT2D eigenvalue weighted by molar-refractivity contribution is 5.94. The first-order chi connectivity index (χ1) is 11.6. The van der Waals surface area contributed by atoms with Gasteiger partial charge in [0.25, 0.3) is 5.91 Å². The minimum absolute atomic E-state index is 0.0541. The number of nitrogens with zero attached hydrogens (tertiary/aromatic N) is 1. The predicted molar refractivity (Wildman–Crippen MR) is 85.6 cm³/mol. The van der Waals surface area contributed by atoms with Gasteiger partial charge >= 0.3 is 0 Å². The first kappa shape index (κ1) is 16.2. The van der Waals surface area contributed by atoms with Gasteiger partial charge in [0.1, 0.15) is 12.1 Å². The Bertz CT molecular complexity index is 694. The standard InChI is InChI=1S/C18H19FN2O3/c19-15-3-1-13(2-4-15)11-21(18(23)14-8-10-24-12-14)9-7-17(22)20-16-5-6-16/h1-4,8,10,12,16H,5-7,9,11H2,(H,20,22). The van der Waals surface area contributed by atoms with E-state index in [4.69, 9.17) is 4.42 Å². The lowest BCUT2D eigenvalue weighted by atomic mass is 10.2. The van der Waals surface area contributed by atoms with Crippen LogP contribution in [-0.2, 0) is 11.3 Å². The van der Waals surface area contributed by atoms with Crippen LogP contribution in [-0.4, -0.2) is 29.3 Å². The van der Waals surface area contributed by atoms with Crippen LogP contribution in [0.4, 0.5) is 4.39 Å². The van der Waals surface area contributed by atoms with Gasteiger partial charge in [-0.15, -0.1) is 0 Å². The van der Waals surface area contributed by atoms with Gasteiger partial charge in [-0.05, 0) is 36.6 Å². The Balaban J connectivity index is 1.66. The van der Waals surface area contributed by atoms with Crippen LogP contribution in [0.15, 0.2) is 47.3 Å². The number of hydrogen-bond acceptors (Lipinski definition) is 3. The minimum Gasteiger partial charge on any atom is -0.472 e. The molecule has 0 saturated heterocycles. The monoisotopic (exact) mass is 330 g/mol. The zero-order valence-corrected chi connectivity index (χ0v) is 13.2. The molecule has 1 aromatic heterocycles. The third kappa shape index (κ3) is 4.44. The lowest BCUT2D eigenvalue weighted by Gasteiger charge is -2.22. The molecule has 0 aliphatic heterocycles. The number of carbonyl (C=O) groups is 2. The number of nitrogens with one attached hydrogen (secondary N) is 1. The van der Waals surface area contributed by atoms with E-state index in [0.717, 1.165) is 18.4 Å². The summed E-state index contributed by atoms with van der Waals surface area (Å²) >= 11 is 0. The van der Waals surface area contributed by atoms with Gasteiger partial charge in [-0.25, -0.2) is 4.39 Å². The van der Waals surface area contributed by atoms with Crippen molar-refractivity contribution < 1.29 is 18.4 Å². The molecule has 6 heteroatoms. The number of halogens is 1. The summed E-state index contributed by atoms with van der Waals surface area (Å²) in [7, 11) is 0. The van der Waals surface area contributed by atoms with E-state index in [0.29, 0.717) is 24.7 Å². The first-order valence-corrected chi connectivity index (χ1v) is 7.97. The number of hydrogen-bond donors (Lipinski definition) is 1. The van der Waals surface area contributed by atoms with Crippen LogP contribution < -0.4 is 5.32 Å². The van der Waals surface area contributed by atoms with Crippen LogP contribution in [0, 0.1) is 5.82 Å². The van der Waals surface area contributed by atoms with Crippen molar-refractivity contribution >= 4 is 11.8 Å². The summed E-state index contributed by atoms with van der Waals surface area (Å²) in [5.41, 5.74) is 1.23. The van der Waals surface area contributed by atoms with Crippen LogP contribution in [0.25, 0.3) is 0 Å². The third-order valence-electron chi connectivity index (χ3n) is 3.89. The SMILES string of the molecule is O=C(CCN(Cc1ccc(F)cc1)C(=O)c1ccoc1)NC1CC1. The predicted octanol–water partition coefficient (Wildman–Crippen LogP) is 2.73. The molecule has 1 fully saturated rings. The van der Waals surface area contributed by atoms with E-state index in [9.17, 15) is 14.0 Å². The van der Waals surface area contributed by atoms with Crippen molar-refractivity contribution in [2.75, 3.05) is 6.54 Å². The van der Waals surface area contributed by atoms with E-state index in [1.54, 1.807) is 23.1 Å². The molecule has 1 N–H and O–H groups in total. The summed E-state index contributed by atoms with van der Waals surface area (Å²) in [4.78, 5) is 26.0. The fourth-order valence-corrected chi connectivity index (χ4v) is 2.40. The van der Waals surface area contributed by atoms with Crippen LogP contribution in [0.2, 0.25) is 0 Å². The fraction of sp³-hybridized carbons (Fsp3) is 0.333. The summed E-state index contributed by atoms with van der Waals surface area (Å²) in [5, 5.41) is 2.91. The maximum absolute atomic E-state index is 13.0. The zero-order chi connectivity index (χ0) is 16.9. The van der Waals surface area contributed by atoms with Crippen molar-refractivity contribution in [3.05, 3.63) is 59.8 Å². The van der Waals surface area contributed by atoms with Gasteiger partial charge in [0.15, 0.2) is 0 Å². The lowest BCUT2D eigenvalue weighted by molar-refractivity contribution is -0.121. The Kier molecular flexibility index (Phi) is 4.93. The highest BCUT2D eigenvalue weighted by Gasteiger charge is 2.24. The molecule has 1 aromatic carbocycles. The number of benzene rings is 1. The normalized spacial score (nSPS) is 13.5. The average molecular weight is 330 g/mol. The van der Waals surface area contributed by atoms with Gasteiger partial charge in [0.05, 0.1) is 11.8 Å². The summed E-state index contributed by atoms with van der Waals surface area (Å²) in [6, 6.07) is 7.87. The summed E-state index contributed by atoms with van der Waals surface area (Å²) in [5.74, 6) is -0.593. The van der Waals surface area contributed by atoms with Gasteiger partial charge in [-0.3, -0.25) is 9.59 Å². The zero-order valence-electron chi connectivity index (χ0n) is 13.2. The lowest BCUT2D eigenvalue weighted by Crippen LogP contribution is -2.35. The molecular weight excluding hydrogens is 311 g/mol. The molecule has 1 heterocycles. The molecule has 2 amide bonds. The van der Waals surface area contributed by atoms with Crippen molar-refractivity contribution in [3.8, 4) is 0 Å². The number of amides is 2. The molecule has 0 radical (unpaired) electrons. The molecule has 0 unspecified atom stereocenters. The molecule has 24 heavy (non-hydrogen) atoms. The summed E-state index contributed by atoms with van der Waals surface area (Å²) in [6.45, 7) is 0.598. The minimum atomic E-state index is -0.324. The molecule has 126 valence electrons. The number of furan rings is 1. The Morgan fingerprint density at radius 1 is 1.21 bits per heavy atom. The Hall–Kier alpha value is -2.63. The Morgan fingerprint density at radius 3 is 2.58 bits per heavy atom. The molecule has 1 aliphatic carbocycles. The average Bonchev–Trinajstić information content (AvgIpc) is 3.21. The largest absolute Gasteiger partial charge is 0.472 e. The maximum atomic E-state index is 13.0. The second kappa shape index (κ2) is 7.29. The summed E-state index contributed by atoms with van der Waals surface area (Å²) < 4.78 is 18.0. The molecule has 1 saturated carbocycles. The van der Waals surface area contributed by atoms with Gasteiger partial charge in [0.2, 0.25) is 5.91 Å². The topological polar surface area (TPSA) is 62.6 Å². The molecule has 0 spiro atoms. The molecule has 2 aromatic rings. The van der Waals surface area contributed by atoms with Crippen molar-refractivity contribution in [2.24, 2.45) is 0 Å². The van der Waals surface area contributed by atoms with E-state index in [-0.39, 0.29) is 24.1 Å². The highest BCUT2D eigenvalue weighted by Crippen LogP contribution is 2.19. The van der Waals surface area contributed by atoms with E-state index in [1.165, 1.54) is 24.7 Å². The molecule has 0 bridgehead atoms. The number of carbonyl (C=O) groups excluding carboxylic acids is 2. The van der Waals surface area contributed by atoms with Crippen LogP contribution in [0.1, 0.15) is 35.2 Å². The third-order valence-corrected chi connectivity index (χ3v) is 3.89. The van der Waals surface area contributed by atoms with Crippen molar-refractivity contribution in [1.82, 2.24) is 10.2 Å². The quantitative estimate of drug-likeness (QED) is 0.849. The van der Waals surface area contributed by atoms with E-state index in [2.05, 4.69) is 5.32 Å². The van der Waals surface area contributed by atoms with Crippen molar-refractivity contribution in [2.45, 2.75) is 31.8 Å². The van der Waals surface area contributed by atoms with Gasteiger partial charge in [-0.1, -0.05) is 12.1 Å². The molecule has 0 atom stereocenters. The van der Waals surface area contributed by atoms with E-state index < -0.39 is 0 Å². The van der Waals surface area contributed by atoms with Crippen molar-refractivity contribution in [3.63, 3.8) is 0 Å². The second-order valence-corrected chi connectivity index (χ2v) is 5.96. The maximum Gasteiger partial charge on any atom is 0.257 e. The molecule has 3 rings (SSSR count). The van der Waals surface area contributed by atoms with Crippen LogP contribution >= 0.6 is 0 Å². The van der Waals surface area contributed by atoms with Crippen LogP contribution in [0.5, 0.6) is 0 Å². The highest BCUT2D eigenvalue weighted by atomic mass is 19.1.